The molecule has 0 atom stereocenters. The molecule has 2 heterocycles. The Morgan fingerprint density at radius 1 is 1.29 bits per heavy atom. The first-order valence-electron chi connectivity index (χ1n) is 6.24. The Kier molecular flexibility index (Phi) is 4.23. The van der Waals surface area contributed by atoms with Crippen LogP contribution in [0.1, 0.15) is 11.6 Å². The molecule has 108 valence electrons. The summed E-state index contributed by atoms with van der Waals surface area (Å²) in [4.78, 5) is 19.4. The van der Waals surface area contributed by atoms with Crippen LogP contribution < -0.4 is 10.9 Å². The lowest BCUT2D eigenvalue weighted by atomic mass is 10.2. The summed E-state index contributed by atoms with van der Waals surface area (Å²) in [6, 6.07) is 7.35. The maximum absolute atomic E-state index is 12.1. The van der Waals surface area contributed by atoms with E-state index in [0.29, 0.717) is 29.8 Å². The van der Waals surface area contributed by atoms with Crippen LogP contribution in [0, 0.1) is 0 Å². The van der Waals surface area contributed by atoms with E-state index in [1.807, 2.05) is 18.2 Å². The number of H-pyrrole nitrogens is 1. The molecule has 2 N–H and O–H groups in total. The molecule has 0 unspecified atom stereocenters. The van der Waals surface area contributed by atoms with Gasteiger partial charge in [-0.15, -0.1) is 0 Å². The van der Waals surface area contributed by atoms with Gasteiger partial charge >= 0.3 is 0 Å². The first-order chi connectivity index (χ1) is 10.1. The summed E-state index contributed by atoms with van der Waals surface area (Å²) in [5.74, 6) is 1.42. The van der Waals surface area contributed by atoms with E-state index in [4.69, 9.17) is 4.42 Å². The molecule has 7 heteroatoms. The van der Waals surface area contributed by atoms with Gasteiger partial charge in [0, 0.05) is 8.95 Å². The van der Waals surface area contributed by atoms with Crippen molar-refractivity contribution in [2.45, 2.75) is 13.1 Å². The van der Waals surface area contributed by atoms with E-state index in [-0.39, 0.29) is 5.56 Å². The molecule has 0 aliphatic heterocycles. The lowest BCUT2D eigenvalue weighted by Gasteiger charge is -2.06. The third-order valence-corrected chi connectivity index (χ3v) is 4.01. The van der Waals surface area contributed by atoms with Gasteiger partial charge in [-0.1, -0.05) is 15.9 Å². The summed E-state index contributed by atoms with van der Waals surface area (Å²) in [6.07, 6.45) is 1.63. The van der Waals surface area contributed by atoms with Crippen LogP contribution in [0.3, 0.4) is 0 Å². The minimum absolute atomic E-state index is 0.156. The number of furan rings is 1. The van der Waals surface area contributed by atoms with Gasteiger partial charge in [0.1, 0.15) is 11.6 Å². The molecule has 0 saturated carbocycles. The van der Waals surface area contributed by atoms with Crippen LogP contribution in [0.15, 0.2) is 48.7 Å². The molecule has 0 fully saturated rings. The van der Waals surface area contributed by atoms with Crippen molar-refractivity contribution in [3.8, 4) is 0 Å². The molecule has 1 aromatic carbocycles. The topological polar surface area (TPSA) is 70.9 Å². The Bertz CT molecular complexity index is 828. The number of nitrogens with zero attached hydrogens (tertiary/aromatic N) is 1. The zero-order valence-corrected chi connectivity index (χ0v) is 14.0. The number of halogens is 2. The van der Waals surface area contributed by atoms with Gasteiger partial charge < -0.3 is 14.7 Å². The molecule has 0 spiro atoms. The van der Waals surface area contributed by atoms with Crippen LogP contribution in [0.4, 0.5) is 0 Å². The number of hydrogen-bond donors (Lipinski definition) is 2. The van der Waals surface area contributed by atoms with Crippen molar-refractivity contribution in [2.75, 3.05) is 0 Å². The van der Waals surface area contributed by atoms with E-state index in [2.05, 4.69) is 47.1 Å². The molecule has 0 aliphatic rings. The third kappa shape index (κ3) is 3.25. The van der Waals surface area contributed by atoms with E-state index in [0.717, 1.165) is 14.7 Å². The fraction of sp³-hybridized carbons (Fsp3) is 0.143. The summed E-state index contributed by atoms with van der Waals surface area (Å²) in [7, 11) is 0. The molecular weight excluding hydrogens is 402 g/mol. The minimum Gasteiger partial charge on any atom is -0.468 e. The molecule has 5 nitrogen and oxygen atoms in total. The number of rotatable bonds is 4. The van der Waals surface area contributed by atoms with Gasteiger partial charge in [-0.25, -0.2) is 4.98 Å². The van der Waals surface area contributed by atoms with E-state index >= 15 is 0 Å². The van der Waals surface area contributed by atoms with E-state index in [1.165, 1.54) is 0 Å². The molecule has 2 aromatic heterocycles. The van der Waals surface area contributed by atoms with Gasteiger partial charge in [0.2, 0.25) is 0 Å². The molecule has 0 aliphatic carbocycles. The SMILES string of the molecule is O=c1[nH]c(CNCc2ccco2)nc2c(Br)cc(Br)cc12. The highest BCUT2D eigenvalue weighted by molar-refractivity contribution is 9.11. The number of fused-ring (bicyclic) bond motifs is 1. The molecule has 0 bridgehead atoms. The number of benzene rings is 1. The number of aromatic amines is 1. The molecule has 0 radical (unpaired) electrons. The lowest BCUT2D eigenvalue weighted by molar-refractivity contribution is 0.480. The number of hydrogen-bond acceptors (Lipinski definition) is 4. The van der Waals surface area contributed by atoms with Gasteiger partial charge in [-0.3, -0.25) is 4.79 Å². The normalized spacial score (nSPS) is 11.1. The molecule has 0 saturated heterocycles. The number of aromatic nitrogens is 2. The standard InChI is InChI=1S/C14H11Br2N3O2/c15-8-4-10-13(11(16)5-8)18-12(19-14(10)20)7-17-6-9-2-1-3-21-9/h1-5,17H,6-7H2,(H,18,19,20). The van der Waals surface area contributed by atoms with Crippen molar-refractivity contribution in [3.05, 3.63) is 61.4 Å². The van der Waals surface area contributed by atoms with Crippen molar-refractivity contribution >= 4 is 42.8 Å². The maximum Gasteiger partial charge on any atom is 0.258 e. The largest absolute Gasteiger partial charge is 0.468 e. The first kappa shape index (κ1) is 14.5. The monoisotopic (exact) mass is 411 g/mol. The minimum atomic E-state index is -0.156. The Balaban J connectivity index is 1.85. The lowest BCUT2D eigenvalue weighted by Crippen LogP contribution is -2.19. The smallest absolute Gasteiger partial charge is 0.258 e. The van der Waals surface area contributed by atoms with Gasteiger partial charge in [-0.05, 0) is 40.2 Å². The van der Waals surface area contributed by atoms with Gasteiger partial charge in [0.05, 0.1) is 30.3 Å². The summed E-state index contributed by atoms with van der Waals surface area (Å²) in [5.41, 5.74) is 0.494. The van der Waals surface area contributed by atoms with Crippen LogP contribution in [0.25, 0.3) is 10.9 Å². The predicted molar refractivity (Wildman–Crippen MR) is 87.0 cm³/mol. The second-order valence-corrected chi connectivity index (χ2v) is 6.25. The van der Waals surface area contributed by atoms with Crippen LogP contribution >= 0.6 is 31.9 Å². The molecule has 3 rings (SSSR count). The van der Waals surface area contributed by atoms with E-state index in [9.17, 15) is 4.79 Å². The van der Waals surface area contributed by atoms with Crippen molar-refractivity contribution in [3.63, 3.8) is 0 Å². The third-order valence-electron chi connectivity index (χ3n) is 2.95. The van der Waals surface area contributed by atoms with Gasteiger partial charge in [0.25, 0.3) is 5.56 Å². The quantitative estimate of drug-likeness (QED) is 0.689. The Morgan fingerprint density at radius 2 is 2.14 bits per heavy atom. The zero-order chi connectivity index (χ0) is 14.8. The molecule has 0 amide bonds. The average Bonchev–Trinajstić information content (AvgIpc) is 2.93. The number of nitrogens with one attached hydrogen (secondary N) is 2. The van der Waals surface area contributed by atoms with Crippen LogP contribution in [-0.2, 0) is 13.1 Å². The van der Waals surface area contributed by atoms with Crippen LogP contribution in [-0.4, -0.2) is 9.97 Å². The molecular formula is C14H11Br2N3O2. The first-order valence-corrected chi connectivity index (χ1v) is 7.83. The second-order valence-electron chi connectivity index (χ2n) is 4.48. The summed E-state index contributed by atoms with van der Waals surface area (Å²) >= 11 is 6.80. The van der Waals surface area contributed by atoms with Crippen molar-refractivity contribution in [1.29, 1.82) is 0 Å². The van der Waals surface area contributed by atoms with Crippen molar-refractivity contribution < 1.29 is 4.42 Å². The Hall–Kier alpha value is -1.44. The summed E-state index contributed by atoms with van der Waals surface area (Å²) in [6.45, 7) is 1.03. The fourth-order valence-electron chi connectivity index (χ4n) is 2.01. The highest BCUT2D eigenvalue weighted by Gasteiger charge is 2.08. The van der Waals surface area contributed by atoms with Crippen molar-refractivity contribution in [1.82, 2.24) is 15.3 Å². The van der Waals surface area contributed by atoms with Crippen LogP contribution in [0.5, 0.6) is 0 Å². The average molecular weight is 413 g/mol. The second kappa shape index (κ2) is 6.13. The molecule has 21 heavy (non-hydrogen) atoms. The van der Waals surface area contributed by atoms with Gasteiger partial charge in [0.15, 0.2) is 0 Å². The zero-order valence-electron chi connectivity index (χ0n) is 10.8. The van der Waals surface area contributed by atoms with Crippen LogP contribution in [0.2, 0.25) is 0 Å². The van der Waals surface area contributed by atoms with Crippen molar-refractivity contribution in [2.24, 2.45) is 0 Å². The van der Waals surface area contributed by atoms with Gasteiger partial charge in [-0.2, -0.15) is 0 Å². The van der Waals surface area contributed by atoms with E-state index in [1.54, 1.807) is 12.3 Å². The Labute approximate surface area is 137 Å². The highest BCUT2D eigenvalue weighted by Crippen LogP contribution is 2.24. The summed E-state index contributed by atoms with van der Waals surface area (Å²) < 4.78 is 6.84. The highest BCUT2D eigenvalue weighted by atomic mass is 79.9. The summed E-state index contributed by atoms with van der Waals surface area (Å²) in [5, 5.41) is 3.72. The van der Waals surface area contributed by atoms with E-state index < -0.39 is 0 Å². The molecule has 3 aromatic rings. The predicted octanol–water partition coefficient (Wildman–Crippen LogP) is 3.33. The fourth-order valence-corrected chi connectivity index (χ4v) is 3.33. The maximum atomic E-state index is 12.1. The Morgan fingerprint density at radius 3 is 2.90 bits per heavy atom.